The lowest BCUT2D eigenvalue weighted by molar-refractivity contribution is -0.145. The fourth-order valence-corrected chi connectivity index (χ4v) is 26.4. The minimum Gasteiger partial charge on any atom is -0.480 e. The molecule has 8 heterocycles. The third-order valence-electron chi connectivity index (χ3n) is 25.4. The van der Waals surface area contributed by atoms with Gasteiger partial charge in [0, 0.05) is 175 Å². The number of carboxylic acid groups (broad SMARTS) is 4. The van der Waals surface area contributed by atoms with Crippen LogP contribution in [0, 0.1) is 23.7 Å². The Labute approximate surface area is 620 Å². The second kappa shape index (κ2) is 31.1. The summed E-state index contributed by atoms with van der Waals surface area (Å²) in [5.74, 6) is -7.18. The lowest BCUT2D eigenvalue weighted by atomic mass is 9.78. The Balaban J connectivity index is 0.000000141. The lowest BCUT2D eigenvalue weighted by Crippen LogP contribution is -2.56. The molecule has 40 nitrogen and oxygen atoms in total. The lowest BCUT2D eigenvalue weighted by Gasteiger charge is -2.33. The number of hydrogen-bond acceptors (Lipinski definition) is 28. The van der Waals surface area contributed by atoms with Gasteiger partial charge in [-0.05, 0) is 118 Å². The second-order valence-electron chi connectivity index (χ2n) is 32.4. The quantitative estimate of drug-likeness (QED) is 0.0324. The number of hydrogen-bond donors (Lipinski definition) is 16. The van der Waals surface area contributed by atoms with Gasteiger partial charge in [-0.1, -0.05) is 25.7 Å². The van der Waals surface area contributed by atoms with Gasteiger partial charge in [-0.25, -0.2) is 0 Å². The van der Waals surface area contributed by atoms with Crippen LogP contribution >= 0.6 is 0 Å². The minimum atomic E-state index is -3.78. The maximum absolute atomic E-state index is 13.3. The zero-order valence-electron chi connectivity index (χ0n) is 60.3. The van der Waals surface area contributed by atoms with Crippen molar-refractivity contribution in [1.29, 1.82) is 0 Å². The van der Waals surface area contributed by atoms with Crippen LogP contribution in [-0.2, 0) is 60.0 Å². The van der Waals surface area contributed by atoms with Gasteiger partial charge in [-0.3, -0.25) is 29.0 Å². The average Bonchev–Trinajstić information content (AvgIpc) is 1.50. The summed E-state index contributed by atoms with van der Waals surface area (Å²) in [6, 6.07) is 1.34. The van der Waals surface area contributed by atoms with Crippen LogP contribution in [0.2, 0.25) is 25.3 Å². The number of fused-ring (bicyclic) bond motifs is 6. The van der Waals surface area contributed by atoms with Crippen molar-refractivity contribution in [3.63, 3.8) is 0 Å². The molecule has 14 rings (SSSR count). The highest BCUT2D eigenvalue weighted by molar-refractivity contribution is 7.87. The number of likely N-dealkylation sites (N-methyl/N-ethyl adjacent to an activating group) is 4. The van der Waals surface area contributed by atoms with E-state index in [2.05, 4.69) is 19.6 Å². The van der Waals surface area contributed by atoms with E-state index < -0.39 is 139 Å². The van der Waals surface area contributed by atoms with E-state index >= 15 is 0 Å². The summed E-state index contributed by atoms with van der Waals surface area (Å²) in [5, 5.41) is 110. The average molecular weight is 1590 g/mol. The normalized spacial score (nSPS) is 39.0. The maximum Gasteiger partial charge on any atom is 0.451 e. The molecule has 20 N–H and O–H groups in total. The van der Waals surface area contributed by atoms with E-state index in [0.717, 1.165) is 38.5 Å². The molecule has 600 valence electrons. The predicted molar refractivity (Wildman–Crippen MR) is 382 cm³/mol. The summed E-state index contributed by atoms with van der Waals surface area (Å²) in [5.41, 5.74) is 17.8. The van der Waals surface area contributed by atoms with Crippen molar-refractivity contribution in [2.24, 2.45) is 46.6 Å². The van der Waals surface area contributed by atoms with Crippen molar-refractivity contribution in [2.45, 2.75) is 210 Å². The van der Waals surface area contributed by atoms with Gasteiger partial charge in [0.25, 0.3) is 40.8 Å². The largest absolute Gasteiger partial charge is 0.480 e. The van der Waals surface area contributed by atoms with Crippen LogP contribution in [0.4, 0.5) is 0 Å². The van der Waals surface area contributed by atoms with Crippen LogP contribution in [0.5, 0.6) is 0 Å². The van der Waals surface area contributed by atoms with Crippen LogP contribution in [0.3, 0.4) is 0 Å². The van der Waals surface area contributed by atoms with Crippen molar-refractivity contribution in [1.82, 2.24) is 54.0 Å². The molecule has 0 spiro atoms. The first kappa shape index (κ1) is 83.9. The van der Waals surface area contributed by atoms with Crippen LogP contribution < -0.4 is 22.9 Å². The van der Waals surface area contributed by atoms with Crippen LogP contribution in [0.1, 0.15) is 89.9 Å². The fraction of sp³-hybridized carbons (Fsp3) is 0.931. The second-order valence-corrected chi connectivity index (χ2v) is 39.8. The van der Waals surface area contributed by atoms with Crippen molar-refractivity contribution in [3.8, 4) is 0 Å². The van der Waals surface area contributed by atoms with Gasteiger partial charge in [-0.15, -0.1) is 0 Å². The predicted octanol–water partition coefficient (Wildman–Crippen LogP) is -9.37. The fourth-order valence-electron chi connectivity index (χ4n) is 18.2. The summed E-state index contributed by atoms with van der Waals surface area (Å²) in [4.78, 5) is 55.9. The Morgan fingerprint density at radius 1 is 0.340 bits per heavy atom. The molecule has 20 atom stereocenters. The summed E-state index contributed by atoms with van der Waals surface area (Å²) in [7, 11) is -12.9. The molecular weight excluding hydrogens is 1480 g/mol. The van der Waals surface area contributed by atoms with Crippen molar-refractivity contribution < 1.29 is 113 Å². The van der Waals surface area contributed by atoms with Gasteiger partial charge in [0.15, 0.2) is 0 Å². The molecule has 48 heteroatoms. The first-order valence-corrected chi connectivity index (χ1v) is 42.4. The van der Waals surface area contributed by atoms with E-state index in [0.29, 0.717) is 77.5 Å². The van der Waals surface area contributed by atoms with Crippen molar-refractivity contribution >= 4 is 93.2 Å². The Morgan fingerprint density at radius 2 is 0.557 bits per heavy atom. The molecule has 0 amide bonds. The van der Waals surface area contributed by atoms with Gasteiger partial charge in [0.1, 0.15) is 22.2 Å². The number of carboxylic acids is 4. The summed E-state index contributed by atoms with van der Waals surface area (Å²) in [6.07, 6.45) is 8.04. The molecule has 6 aliphatic carbocycles. The minimum absolute atomic E-state index is 0.0238. The van der Waals surface area contributed by atoms with Crippen LogP contribution in [0.15, 0.2) is 0 Å². The monoisotopic (exact) mass is 1580 g/mol. The van der Waals surface area contributed by atoms with Gasteiger partial charge in [0.2, 0.25) is 0 Å². The first-order valence-electron chi connectivity index (χ1n) is 36.8. The maximum atomic E-state index is 13.3. The van der Waals surface area contributed by atoms with E-state index in [-0.39, 0.29) is 150 Å². The molecule has 8 aliphatic heterocycles. The highest BCUT2D eigenvalue weighted by Gasteiger charge is 2.70. The Kier molecular flexibility index (Phi) is 24.6. The molecule has 0 aromatic rings. The highest BCUT2D eigenvalue weighted by Crippen LogP contribution is 2.54. The molecule has 0 aromatic heterocycles. The molecule has 6 saturated carbocycles. The highest BCUT2D eigenvalue weighted by atomic mass is 32.2. The van der Waals surface area contributed by atoms with E-state index in [1.54, 1.807) is 8.61 Å². The van der Waals surface area contributed by atoms with Crippen LogP contribution in [-0.4, -0.2) is 402 Å². The van der Waals surface area contributed by atoms with Crippen molar-refractivity contribution in [2.75, 3.05) is 107 Å². The molecule has 106 heavy (non-hydrogen) atoms. The van der Waals surface area contributed by atoms with Gasteiger partial charge >= 0.3 is 52.4 Å². The van der Waals surface area contributed by atoms with Gasteiger partial charge < -0.3 is 93.4 Å². The Morgan fingerprint density at radius 3 is 0.774 bits per heavy atom. The number of nitrogens with zero attached hydrogens (tertiary/aromatic N) is 12. The summed E-state index contributed by atoms with van der Waals surface area (Å²) >= 11 is 0. The molecule has 8 saturated heterocycles. The molecule has 14 aliphatic rings. The van der Waals surface area contributed by atoms with Crippen molar-refractivity contribution in [3.05, 3.63) is 0 Å². The Hall–Kier alpha value is -3.02. The van der Waals surface area contributed by atoms with Crippen LogP contribution in [0.25, 0.3) is 0 Å². The van der Waals surface area contributed by atoms with E-state index in [9.17, 15) is 73.3 Å². The topological polar surface area (TPSA) is 591 Å². The number of carbonyl (C=O) groups is 4. The molecular formula is C58H108B4N16O24S4. The molecule has 0 bridgehead atoms. The number of nitrogens with two attached hydrogens (primary N) is 4. The van der Waals surface area contributed by atoms with E-state index in [1.807, 2.05) is 28.2 Å². The zero-order valence-corrected chi connectivity index (χ0v) is 63.6. The smallest absolute Gasteiger partial charge is 0.451 e. The molecule has 14 fully saturated rings. The first-order chi connectivity index (χ1) is 49.3. The zero-order chi connectivity index (χ0) is 78.0. The SMILES string of the molecule is CN1C2C[C@@H]2N(S(=O)(=O)N2C[C@H](CCCB(O)O)[C@](N)(C(=O)O)C2)C2C[C@H]21.CN1C2C[C@H]2N(S(=O)(=O)N2C[C@H](CCCB(O)O)[C@](N)(C(=O)O)C2)C2C[C@H]21.CN1CCN(S(=O)(=O)N2C[C@H](CCCB(O)O)[C@](N)(C(=O)O)C2)C2C[C@@H]21.CN1CCN(S(=O)(=O)N2C[C@H](CCCB(O)O)[C@](N)(C(=O)O)C2)C2C[C@H]21. The molecule has 0 aromatic carbocycles. The molecule has 0 radical (unpaired) electrons. The standard InChI is InChI=1S/2C15H27BN4O6S.2C14H27BN4O6S/c2*1-18-10-5-12(10)20(13-6-11(13)18)27(25,26)19-7-9(3-2-4-16(23)24)15(17,8-19)14(21)22;2*1-17-5-6-19(12-7-11(12)17)26(24,25)18-8-10(3-2-4-15(22)23)14(16,9-18)13(20)21/h2*9-13,23-24H,2-8,17H2,1H3,(H,21,22);2*10-12,22-23H,2-9,16H2,1H3,(H,20,21)/t9-,10+,11?,12?,13+,15-;9-,10+,11?,12?,13-,15-;10-,11+,12?,14-;10-,11-,12?,14-/m0000/s1. The van der Waals surface area contributed by atoms with E-state index in [4.69, 9.17) is 63.1 Å². The Bertz CT molecular complexity index is 3470. The third-order valence-corrected chi connectivity index (χ3v) is 33.4. The number of rotatable bonds is 28. The molecule has 6 unspecified atom stereocenters. The van der Waals surface area contributed by atoms with Gasteiger partial charge in [0.05, 0.1) is 0 Å². The van der Waals surface area contributed by atoms with Gasteiger partial charge in [-0.2, -0.15) is 68.1 Å². The summed E-state index contributed by atoms with van der Waals surface area (Å²) < 4.78 is 117. The number of piperazine rings is 4. The summed E-state index contributed by atoms with van der Waals surface area (Å²) in [6.45, 7) is 1.23. The van der Waals surface area contributed by atoms with E-state index in [1.165, 1.54) is 25.8 Å². The third kappa shape index (κ3) is 16.5. The number of aliphatic carboxylic acids is 4.